The fraction of sp³-hybridized carbons (Fsp3) is 0.450. The summed E-state index contributed by atoms with van der Waals surface area (Å²) < 4.78 is 42.4. The minimum Gasteiger partial charge on any atom is -0.307 e. The van der Waals surface area contributed by atoms with Crippen LogP contribution in [0.3, 0.4) is 0 Å². The van der Waals surface area contributed by atoms with Crippen LogP contribution >= 0.6 is 11.3 Å². The minimum absolute atomic E-state index is 0.239. The summed E-state index contributed by atoms with van der Waals surface area (Å²) in [4.78, 5) is 13.4. The van der Waals surface area contributed by atoms with E-state index in [0.29, 0.717) is 18.5 Å². The maximum atomic E-state index is 13.3. The van der Waals surface area contributed by atoms with Crippen LogP contribution in [0.2, 0.25) is 0 Å². The number of anilines is 1. The smallest absolute Gasteiger partial charge is 0.307 e. The van der Waals surface area contributed by atoms with Gasteiger partial charge in [-0.25, -0.2) is 17.8 Å². The lowest BCUT2D eigenvalue weighted by Crippen LogP contribution is -2.44. The number of benzene rings is 1. The van der Waals surface area contributed by atoms with E-state index in [2.05, 4.69) is 21.4 Å². The van der Waals surface area contributed by atoms with Crippen molar-refractivity contribution in [1.82, 2.24) is 10.0 Å². The number of fused-ring (bicyclic) bond motifs is 3. The van der Waals surface area contributed by atoms with Crippen LogP contribution in [-0.2, 0) is 42.4 Å². The lowest BCUT2D eigenvalue weighted by Gasteiger charge is -2.27. The first-order valence-corrected chi connectivity index (χ1v) is 12.7. The van der Waals surface area contributed by atoms with E-state index in [1.807, 2.05) is 0 Å². The molecular weight excluding hydrogens is 430 g/mol. The topological polar surface area (TPSA) is 96.2 Å². The molecule has 2 aromatic rings. The van der Waals surface area contributed by atoms with Gasteiger partial charge in [-0.1, -0.05) is 6.07 Å². The first-order valence-electron chi connectivity index (χ1n) is 10.1. The molecule has 0 bridgehead atoms. The van der Waals surface area contributed by atoms with Crippen molar-refractivity contribution < 1.29 is 17.8 Å². The lowest BCUT2D eigenvalue weighted by atomic mass is 9.83. The zero-order valence-corrected chi connectivity index (χ0v) is 18.0. The van der Waals surface area contributed by atoms with Crippen molar-refractivity contribution in [2.75, 3.05) is 11.9 Å². The summed E-state index contributed by atoms with van der Waals surface area (Å²) in [6.45, 7) is 0.426. The number of carbonyl (C=O) groups is 1. The predicted molar refractivity (Wildman–Crippen MR) is 115 cm³/mol. The monoisotopic (exact) mass is 454 g/mol. The quantitative estimate of drug-likeness (QED) is 0.460. The number of urea groups is 1. The van der Waals surface area contributed by atoms with E-state index in [0.717, 1.165) is 65.1 Å². The zero-order chi connectivity index (χ0) is 21.0. The van der Waals surface area contributed by atoms with E-state index in [1.165, 1.54) is 17.2 Å². The standard InChI is InChI=1S/C20H24F2N4O2S2/c21-19(22)18-14-9-16(29-15(14)6-7-24-18)30(23,28)26-20(27)25-17-12-3-1-2-10(12)8-11-4-5-13(11)17/h8-9,18-19,24,30H,1-7H2,(H4,23,25,26,27,28)/t18-/m0/s1. The van der Waals surface area contributed by atoms with Gasteiger partial charge < -0.3 is 10.6 Å². The Morgan fingerprint density at radius 1 is 1.17 bits per heavy atom. The van der Waals surface area contributed by atoms with Gasteiger partial charge in [-0.2, -0.15) is 0 Å². The average Bonchev–Trinajstić information content (AvgIpc) is 3.30. The summed E-state index contributed by atoms with van der Waals surface area (Å²) in [6, 6.07) is 1.97. The Kier molecular flexibility index (Phi) is 4.92. The number of aryl methyl sites for hydroxylation is 2. The molecule has 3 aliphatic rings. The Hall–Kier alpha value is -1.88. The van der Waals surface area contributed by atoms with Crippen LogP contribution in [0.4, 0.5) is 19.3 Å². The highest BCUT2D eigenvalue weighted by Gasteiger charge is 2.32. The molecule has 0 saturated heterocycles. The molecule has 0 saturated carbocycles. The minimum atomic E-state index is -3.74. The number of thiol groups is 1. The molecule has 1 aromatic carbocycles. The molecule has 162 valence electrons. The lowest BCUT2D eigenvalue weighted by molar-refractivity contribution is 0.0958. The van der Waals surface area contributed by atoms with E-state index >= 15 is 0 Å². The number of halogens is 2. The number of carbonyl (C=O) groups excluding carboxylic acids is 1. The van der Waals surface area contributed by atoms with Gasteiger partial charge in [0.15, 0.2) is 0 Å². The van der Waals surface area contributed by atoms with Gasteiger partial charge in [-0.3, -0.25) is 9.86 Å². The Labute approximate surface area is 178 Å². The summed E-state index contributed by atoms with van der Waals surface area (Å²) in [6.07, 6.45) is 2.90. The van der Waals surface area contributed by atoms with E-state index in [9.17, 15) is 17.8 Å². The van der Waals surface area contributed by atoms with Crippen molar-refractivity contribution in [3.63, 3.8) is 0 Å². The van der Waals surface area contributed by atoms with E-state index < -0.39 is 28.8 Å². The first-order chi connectivity index (χ1) is 14.3. The molecule has 6 nitrogen and oxygen atoms in total. The fourth-order valence-electron chi connectivity index (χ4n) is 4.67. The van der Waals surface area contributed by atoms with Crippen LogP contribution in [0.1, 0.15) is 45.2 Å². The van der Waals surface area contributed by atoms with Crippen LogP contribution in [0.5, 0.6) is 0 Å². The van der Waals surface area contributed by atoms with Crippen molar-refractivity contribution >= 4 is 33.4 Å². The molecule has 2 heterocycles. The van der Waals surface area contributed by atoms with Crippen LogP contribution in [0, 0.1) is 0 Å². The number of nitrogens with one attached hydrogen (secondary N) is 3. The highest BCUT2D eigenvalue weighted by molar-refractivity contribution is 8.01. The van der Waals surface area contributed by atoms with Gasteiger partial charge in [0, 0.05) is 27.4 Å². The summed E-state index contributed by atoms with van der Waals surface area (Å²) >= 11 is 1.14. The molecule has 0 spiro atoms. The van der Waals surface area contributed by atoms with E-state index in [1.54, 1.807) is 0 Å². The van der Waals surface area contributed by atoms with Crippen molar-refractivity contribution in [3.05, 3.63) is 44.8 Å². The molecule has 2 aliphatic carbocycles. The second-order valence-electron chi connectivity index (χ2n) is 8.08. The molecule has 1 atom stereocenters. The number of rotatable bonds is 4. The van der Waals surface area contributed by atoms with Crippen molar-refractivity contribution in [1.29, 1.82) is 0 Å². The van der Waals surface area contributed by atoms with Gasteiger partial charge >= 0.3 is 6.03 Å². The molecule has 5 rings (SSSR count). The molecule has 0 fully saturated rings. The maximum absolute atomic E-state index is 13.3. The molecule has 0 unspecified atom stereocenters. The SMILES string of the molecule is N[SH](=O)(NC(=O)Nc1c2c(cc3c1CC3)CCC2)c1cc2c(s1)CCN[C@@H]2C(F)F. The molecule has 1 aliphatic heterocycles. The molecule has 30 heavy (non-hydrogen) atoms. The molecular formula is C20H24F2N4O2S2. The van der Waals surface area contributed by atoms with Crippen LogP contribution in [0.15, 0.2) is 16.3 Å². The van der Waals surface area contributed by atoms with E-state index in [4.69, 9.17) is 5.14 Å². The number of nitrogens with two attached hydrogens (primary N) is 1. The van der Waals surface area contributed by atoms with E-state index in [-0.39, 0.29) is 4.21 Å². The maximum Gasteiger partial charge on any atom is 0.330 e. The van der Waals surface area contributed by atoms with Gasteiger partial charge in [0.25, 0.3) is 6.43 Å². The van der Waals surface area contributed by atoms with Crippen LogP contribution in [-0.4, -0.2) is 23.2 Å². The van der Waals surface area contributed by atoms with Gasteiger partial charge in [0.05, 0.1) is 10.3 Å². The van der Waals surface area contributed by atoms with Crippen LogP contribution < -0.4 is 20.5 Å². The first kappa shape index (κ1) is 20.0. The van der Waals surface area contributed by atoms with Gasteiger partial charge in [0.2, 0.25) is 0 Å². The number of alkyl halides is 2. The fourth-order valence-corrected chi connectivity index (χ4v) is 7.42. The third-order valence-electron chi connectivity index (χ3n) is 6.21. The van der Waals surface area contributed by atoms with Gasteiger partial charge in [0.1, 0.15) is 0 Å². The average molecular weight is 455 g/mol. The highest BCUT2D eigenvalue weighted by atomic mass is 32.3. The van der Waals surface area contributed by atoms with Crippen LogP contribution in [0.25, 0.3) is 0 Å². The third-order valence-corrected chi connectivity index (χ3v) is 9.63. The number of thiophene rings is 1. The highest BCUT2D eigenvalue weighted by Crippen LogP contribution is 2.40. The summed E-state index contributed by atoms with van der Waals surface area (Å²) in [5.74, 6) is 0. The van der Waals surface area contributed by atoms with Crippen molar-refractivity contribution in [2.24, 2.45) is 5.14 Å². The third kappa shape index (κ3) is 3.35. The second-order valence-corrected chi connectivity index (χ2v) is 11.5. The summed E-state index contributed by atoms with van der Waals surface area (Å²) in [5.41, 5.74) is 6.10. The second kappa shape index (κ2) is 7.37. The number of hydrogen-bond acceptors (Lipinski definition) is 4. The summed E-state index contributed by atoms with van der Waals surface area (Å²) in [5, 5.41) is 11.7. The Bertz CT molecular complexity index is 1090. The normalized spacial score (nSPS) is 20.2. The molecule has 1 aromatic heterocycles. The van der Waals surface area contributed by atoms with Crippen molar-refractivity contribution in [3.8, 4) is 0 Å². The Morgan fingerprint density at radius 2 is 1.93 bits per heavy atom. The molecule has 2 amide bonds. The Balaban J connectivity index is 1.37. The number of hydrogen-bond donors (Lipinski definition) is 5. The Morgan fingerprint density at radius 3 is 2.67 bits per heavy atom. The molecule has 10 heteroatoms. The summed E-state index contributed by atoms with van der Waals surface area (Å²) in [7, 11) is -3.74. The predicted octanol–water partition coefficient (Wildman–Crippen LogP) is 2.77. The number of amides is 2. The van der Waals surface area contributed by atoms with Crippen molar-refractivity contribution in [2.45, 2.75) is 55.2 Å². The largest absolute Gasteiger partial charge is 0.330 e. The van der Waals surface area contributed by atoms with Gasteiger partial charge in [-0.15, -0.1) is 11.3 Å². The molecule has 5 N–H and O–H groups in total. The molecule has 0 radical (unpaired) electrons. The zero-order valence-electron chi connectivity index (χ0n) is 16.3. The van der Waals surface area contributed by atoms with Gasteiger partial charge in [-0.05, 0) is 72.4 Å².